The molecular weight excluding hydrogens is 246 g/mol. The topological polar surface area (TPSA) is 29.3 Å². The fourth-order valence-electron chi connectivity index (χ4n) is 2.45. The van der Waals surface area contributed by atoms with Crippen LogP contribution >= 0.6 is 0 Å². The van der Waals surface area contributed by atoms with Crippen LogP contribution in [0.5, 0.6) is 0 Å². The quantitative estimate of drug-likeness (QED) is 0.859. The highest BCUT2D eigenvalue weighted by Gasteiger charge is 2.30. The average molecular weight is 268 g/mol. The summed E-state index contributed by atoms with van der Waals surface area (Å²) in [5.41, 5.74) is 6.24. The molecule has 1 fully saturated rings. The van der Waals surface area contributed by atoms with Crippen molar-refractivity contribution in [2.24, 2.45) is 11.7 Å². The molecule has 0 aromatic heterocycles. The maximum Gasteiger partial charge on any atom is 0.163 e. The summed E-state index contributed by atoms with van der Waals surface area (Å²) in [5.74, 6) is -0.840. The van der Waals surface area contributed by atoms with Crippen LogP contribution in [0.1, 0.15) is 37.8 Å². The van der Waals surface area contributed by atoms with Gasteiger partial charge in [0.25, 0.3) is 0 Å². The smallest absolute Gasteiger partial charge is 0.163 e. The first kappa shape index (κ1) is 14.4. The summed E-state index contributed by atoms with van der Waals surface area (Å²) in [5, 5.41) is 0. The third-order valence-electron chi connectivity index (χ3n) is 4.17. The van der Waals surface area contributed by atoms with Crippen LogP contribution in [0.15, 0.2) is 18.2 Å². The molecule has 0 aliphatic heterocycles. The van der Waals surface area contributed by atoms with E-state index >= 15 is 0 Å². The molecule has 1 aliphatic carbocycles. The number of hydrogen-bond acceptors (Lipinski definition) is 2. The van der Waals surface area contributed by atoms with Crippen molar-refractivity contribution in [3.8, 4) is 0 Å². The summed E-state index contributed by atoms with van der Waals surface area (Å²) < 4.78 is 26.7. The highest BCUT2D eigenvalue weighted by Crippen LogP contribution is 2.34. The minimum absolute atomic E-state index is 0.271. The molecule has 2 nitrogen and oxygen atoms in total. The van der Waals surface area contributed by atoms with E-state index in [0.29, 0.717) is 12.5 Å². The molecule has 2 unspecified atom stereocenters. The Balaban J connectivity index is 1.89. The molecule has 0 bridgehead atoms. The Morgan fingerprint density at radius 2 is 2.05 bits per heavy atom. The van der Waals surface area contributed by atoms with Crippen molar-refractivity contribution in [2.45, 2.75) is 38.3 Å². The molecule has 2 N–H and O–H groups in total. The summed E-state index contributed by atoms with van der Waals surface area (Å²) in [7, 11) is 2.07. The van der Waals surface area contributed by atoms with Crippen LogP contribution in [0.4, 0.5) is 8.78 Å². The minimum atomic E-state index is -0.826. The van der Waals surface area contributed by atoms with Crippen LogP contribution < -0.4 is 5.73 Å². The van der Waals surface area contributed by atoms with Gasteiger partial charge in [0.05, 0.1) is 0 Å². The predicted molar refractivity (Wildman–Crippen MR) is 72.7 cm³/mol. The zero-order valence-electron chi connectivity index (χ0n) is 11.6. The number of nitrogens with two attached hydrogens (primary N) is 1. The van der Waals surface area contributed by atoms with Gasteiger partial charge in [-0.15, -0.1) is 0 Å². The number of rotatable bonds is 6. The number of nitrogens with zero attached hydrogens (tertiary/aromatic N) is 1. The summed E-state index contributed by atoms with van der Waals surface area (Å²) in [6.45, 7) is 3.01. The van der Waals surface area contributed by atoms with E-state index in [0.717, 1.165) is 18.5 Å². The van der Waals surface area contributed by atoms with Gasteiger partial charge < -0.3 is 10.6 Å². The largest absolute Gasteiger partial charge is 0.324 e. The molecule has 1 saturated carbocycles. The van der Waals surface area contributed by atoms with E-state index < -0.39 is 17.7 Å². The molecule has 0 amide bonds. The van der Waals surface area contributed by atoms with Gasteiger partial charge in [-0.05, 0) is 51.8 Å². The van der Waals surface area contributed by atoms with Gasteiger partial charge in [-0.1, -0.05) is 12.1 Å². The molecule has 2 rings (SSSR count). The monoisotopic (exact) mass is 268 g/mol. The lowest BCUT2D eigenvalue weighted by Gasteiger charge is -2.26. The van der Waals surface area contributed by atoms with Crippen LogP contribution in [0.2, 0.25) is 0 Å². The van der Waals surface area contributed by atoms with E-state index in [9.17, 15) is 8.78 Å². The second kappa shape index (κ2) is 5.97. The molecule has 0 saturated heterocycles. The van der Waals surface area contributed by atoms with Crippen LogP contribution in [0.25, 0.3) is 0 Å². The van der Waals surface area contributed by atoms with Gasteiger partial charge in [-0.3, -0.25) is 0 Å². The Morgan fingerprint density at radius 3 is 2.68 bits per heavy atom. The lowest BCUT2D eigenvalue weighted by molar-refractivity contribution is 0.226. The number of benzene rings is 1. The average Bonchev–Trinajstić information content (AvgIpc) is 3.22. The van der Waals surface area contributed by atoms with Crippen LogP contribution in [0, 0.1) is 17.6 Å². The fraction of sp³-hybridized carbons (Fsp3) is 0.600. The first-order chi connectivity index (χ1) is 9.00. The highest BCUT2D eigenvalue weighted by molar-refractivity contribution is 5.22. The third-order valence-corrected chi connectivity index (χ3v) is 4.17. The molecule has 0 heterocycles. The third kappa shape index (κ3) is 3.51. The molecule has 19 heavy (non-hydrogen) atoms. The maximum absolute atomic E-state index is 13.6. The second-order valence-corrected chi connectivity index (χ2v) is 5.60. The Bertz CT molecular complexity index is 432. The van der Waals surface area contributed by atoms with Gasteiger partial charge >= 0.3 is 0 Å². The molecule has 2 atom stereocenters. The summed E-state index contributed by atoms with van der Waals surface area (Å²) in [4.78, 5) is 2.26. The van der Waals surface area contributed by atoms with E-state index in [1.54, 1.807) is 6.07 Å². The Kier molecular flexibility index (Phi) is 4.53. The lowest BCUT2D eigenvalue weighted by Crippen LogP contribution is -2.33. The van der Waals surface area contributed by atoms with Gasteiger partial charge in [-0.2, -0.15) is 0 Å². The van der Waals surface area contributed by atoms with Crippen molar-refractivity contribution >= 4 is 0 Å². The number of hydrogen-bond donors (Lipinski definition) is 1. The van der Waals surface area contributed by atoms with Gasteiger partial charge in [0.1, 0.15) is 0 Å². The first-order valence-corrected chi connectivity index (χ1v) is 6.90. The zero-order valence-corrected chi connectivity index (χ0v) is 11.6. The Labute approximate surface area is 113 Å². The lowest BCUT2D eigenvalue weighted by atomic mass is 10.0. The van der Waals surface area contributed by atoms with Crippen LogP contribution in [-0.2, 0) is 0 Å². The van der Waals surface area contributed by atoms with Crippen LogP contribution in [-0.4, -0.2) is 24.5 Å². The number of halogens is 2. The van der Waals surface area contributed by atoms with Gasteiger partial charge in [0.2, 0.25) is 0 Å². The van der Waals surface area contributed by atoms with Crippen molar-refractivity contribution < 1.29 is 8.78 Å². The van der Waals surface area contributed by atoms with E-state index in [-0.39, 0.29) is 5.56 Å². The minimum Gasteiger partial charge on any atom is -0.324 e. The zero-order chi connectivity index (χ0) is 14.0. The predicted octanol–water partition coefficient (Wildman–Crippen LogP) is 3.09. The highest BCUT2D eigenvalue weighted by atomic mass is 19.2. The molecule has 0 spiro atoms. The molecule has 106 valence electrons. The molecule has 1 aromatic carbocycles. The fourth-order valence-corrected chi connectivity index (χ4v) is 2.45. The molecule has 1 aromatic rings. The van der Waals surface area contributed by atoms with E-state index in [1.165, 1.54) is 18.9 Å². The Morgan fingerprint density at radius 1 is 1.37 bits per heavy atom. The van der Waals surface area contributed by atoms with Gasteiger partial charge in [0, 0.05) is 17.6 Å². The molecular formula is C15H22F2N2. The van der Waals surface area contributed by atoms with Crippen molar-refractivity contribution in [1.29, 1.82) is 0 Å². The normalized spacial score (nSPS) is 18.6. The SMILES string of the molecule is CC(C1CC1)N(C)CCC(N)c1cccc(F)c1F. The van der Waals surface area contributed by atoms with Gasteiger partial charge in [0.15, 0.2) is 11.6 Å². The first-order valence-electron chi connectivity index (χ1n) is 6.90. The maximum atomic E-state index is 13.6. The summed E-state index contributed by atoms with van der Waals surface area (Å²) in [6, 6.07) is 4.28. The van der Waals surface area contributed by atoms with Crippen molar-refractivity contribution in [3.63, 3.8) is 0 Å². The summed E-state index contributed by atoms with van der Waals surface area (Å²) >= 11 is 0. The van der Waals surface area contributed by atoms with Gasteiger partial charge in [-0.25, -0.2) is 8.78 Å². The van der Waals surface area contributed by atoms with E-state index in [2.05, 4.69) is 18.9 Å². The molecule has 0 radical (unpaired) electrons. The second-order valence-electron chi connectivity index (χ2n) is 5.60. The molecule has 4 heteroatoms. The van der Waals surface area contributed by atoms with Crippen molar-refractivity contribution in [3.05, 3.63) is 35.4 Å². The standard InChI is InChI=1S/C15H22F2N2/c1-10(11-6-7-11)19(2)9-8-14(18)12-4-3-5-13(16)15(12)17/h3-5,10-11,14H,6-9,18H2,1-2H3. The molecule has 1 aliphatic rings. The van der Waals surface area contributed by atoms with Crippen molar-refractivity contribution in [1.82, 2.24) is 4.90 Å². The van der Waals surface area contributed by atoms with Crippen molar-refractivity contribution in [2.75, 3.05) is 13.6 Å². The van der Waals surface area contributed by atoms with E-state index in [1.807, 2.05) is 0 Å². The summed E-state index contributed by atoms with van der Waals surface area (Å²) in [6.07, 6.45) is 3.24. The Hall–Kier alpha value is -1.00. The van der Waals surface area contributed by atoms with E-state index in [4.69, 9.17) is 5.73 Å². The van der Waals surface area contributed by atoms with Crippen LogP contribution in [0.3, 0.4) is 0 Å².